The molecule has 1 saturated heterocycles. The SMILES string of the molecule is CCCC(O)C/C=C\C/C=C\C/C=C\C/C=C\CCCC(=O)O[C@H](COC(=O)CCCCCCCCC(C)CC)COP(=O)(O)OP(=O)(O)OC[C@H]1O[C@@H](n2ccc(N)nc2=O)[C@H](O)[C@@H]1O. The fraction of sp³-hybridized carbons (Fsp3) is 0.689. The normalized spacial score (nSPS) is 21.1. The highest BCUT2D eigenvalue weighted by molar-refractivity contribution is 7.61. The molecule has 0 radical (unpaired) electrons. The van der Waals surface area contributed by atoms with E-state index in [4.69, 9.17) is 29.0 Å². The van der Waals surface area contributed by atoms with E-state index in [1.54, 1.807) is 0 Å². The summed E-state index contributed by atoms with van der Waals surface area (Å²) in [5.41, 5.74) is 4.57. The van der Waals surface area contributed by atoms with Crippen LogP contribution in [0, 0.1) is 5.92 Å². The van der Waals surface area contributed by atoms with Gasteiger partial charge in [0.15, 0.2) is 12.3 Å². The van der Waals surface area contributed by atoms with Crippen LogP contribution in [0.25, 0.3) is 0 Å². The second kappa shape index (κ2) is 33.2. The summed E-state index contributed by atoms with van der Waals surface area (Å²) < 4.78 is 56.5. The van der Waals surface area contributed by atoms with Gasteiger partial charge in [-0.05, 0) is 63.4 Å². The minimum Gasteiger partial charge on any atom is -0.462 e. The van der Waals surface area contributed by atoms with Gasteiger partial charge in [0.25, 0.3) is 0 Å². The zero-order chi connectivity index (χ0) is 48.8. The number of aromatic nitrogens is 2. The van der Waals surface area contributed by atoms with Gasteiger partial charge in [-0.25, -0.2) is 13.9 Å². The molecule has 2 heterocycles. The average Bonchev–Trinajstić information content (AvgIpc) is 3.54. The van der Waals surface area contributed by atoms with Gasteiger partial charge in [0.05, 0.1) is 19.3 Å². The van der Waals surface area contributed by atoms with Crippen LogP contribution in [0.15, 0.2) is 65.7 Å². The molecule has 1 aliphatic heterocycles. The Morgan fingerprint density at radius 3 is 2.09 bits per heavy atom. The molecule has 66 heavy (non-hydrogen) atoms. The number of unbranched alkanes of at least 4 members (excludes halogenated alkanes) is 6. The number of aliphatic hydroxyl groups excluding tert-OH is 3. The molecule has 7 N–H and O–H groups in total. The first-order valence-corrected chi connectivity index (χ1v) is 26.1. The van der Waals surface area contributed by atoms with Crippen molar-refractivity contribution in [3.8, 4) is 0 Å². The van der Waals surface area contributed by atoms with Crippen LogP contribution in [0.3, 0.4) is 0 Å². The van der Waals surface area contributed by atoms with Crippen LogP contribution in [0.2, 0.25) is 0 Å². The maximum atomic E-state index is 12.8. The van der Waals surface area contributed by atoms with Crippen LogP contribution >= 0.6 is 15.6 Å². The average molecular weight is 976 g/mol. The van der Waals surface area contributed by atoms with E-state index < -0.39 is 83.7 Å². The summed E-state index contributed by atoms with van der Waals surface area (Å²) in [7, 11) is -10.9. The van der Waals surface area contributed by atoms with E-state index in [2.05, 4.69) is 35.3 Å². The number of carbonyl (C=O) groups excluding carboxylic acids is 2. The summed E-state index contributed by atoms with van der Waals surface area (Å²) in [4.78, 5) is 61.6. The van der Waals surface area contributed by atoms with E-state index in [0.717, 1.165) is 62.1 Å². The molecule has 0 aliphatic carbocycles. The van der Waals surface area contributed by atoms with E-state index >= 15 is 0 Å². The van der Waals surface area contributed by atoms with Crippen LogP contribution in [0.1, 0.15) is 143 Å². The number of carbonyl (C=O) groups is 2. The molecule has 0 bridgehead atoms. The van der Waals surface area contributed by atoms with Gasteiger partial charge >= 0.3 is 33.3 Å². The predicted octanol–water partition coefficient (Wildman–Crippen LogP) is 7.43. The van der Waals surface area contributed by atoms with Gasteiger partial charge in [-0.15, -0.1) is 0 Å². The van der Waals surface area contributed by atoms with Gasteiger partial charge in [-0.2, -0.15) is 9.29 Å². The molecule has 1 aromatic heterocycles. The van der Waals surface area contributed by atoms with Crippen molar-refractivity contribution in [3.63, 3.8) is 0 Å². The molecule has 0 spiro atoms. The second-order valence-corrected chi connectivity index (χ2v) is 19.4. The lowest BCUT2D eigenvalue weighted by Crippen LogP contribution is -2.36. The molecule has 1 aliphatic rings. The molecule has 19 nitrogen and oxygen atoms in total. The molecular weight excluding hydrogens is 900 g/mol. The number of nitrogens with zero attached hydrogens (tertiary/aromatic N) is 2. The summed E-state index contributed by atoms with van der Waals surface area (Å²) in [6.45, 7) is 4.10. The number of rotatable bonds is 36. The van der Waals surface area contributed by atoms with E-state index in [1.807, 2.05) is 43.4 Å². The minimum atomic E-state index is -5.44. The number of allylic oxidation sites excluding steroid dienone is 7. The number of phosphoric acid groups is 2. The number of aliphatic hydroxyl groups is 3. The Hall–Kier alpha value is -3.32. The molecule has 21 heteroatoms. The number of hydrogen-bond acceptors (Lipinski definition) is 16. The molecule has 1 aromatic rings. The third-order valence-corrected chi connectivity index (χ3v) is 13.1. The van der Waals surface area contributed by atoms with E-state index in [9.17, 15) is 48.6 Å². The maximum Gasteiger partial charge on any atom is 0.481 e. The summed E-state index contributed by atoms with van der Waals surface area (Å²) in [5, 5.41) is 30.6. The van der Waals surface area contributed by atoms with Crippen molar-refractivity contribution in [2.45, 2.75) is 173 Å². The Morgan fingerprint density at radius 1 is 0.833 bits per heavy atom. The molecule has 0 aromatic carbocycles. The lowest BCUT2D eigenvalue weighted by molar-refractivity contribution is -0.161. The molecule has 9 atom stereocenters. The molecule has 2 rings (SSSR count). The number of phosphoric ester groups is 2. The standard InChI is InChI=1S/C45H75N3O16P2/c1-4-25-36(49)27-22-18-13-11-9-7-6-8-10-12-14-20-24-29-41(51)62-37(32-59-40(50)28-23-19-16-15-17-21-26-35(3)5-2)33-60-65(55,56)64-66(57,58)61-34-38-42(52)43(53)44(63-38)48-31-30-39(46)47-45(48)54/h6,8-9,11-12,14,18,22,30-31,35-38,42-44,49,52-53H,4-5,7,10,13,15-17,19-21,23-29,32-34H2,1-3H3,(H,55,56)(H,57,58)(H2,46,47,54)/b8-6-,11-9-,14-12-,22-18-/t35?,36?,37-,38-,42-,43-,44-/m1/s1. The largest absolute Gasteiger partial charge is 0.481 e. The van der Waals surface area contributed by atoms with Gasteiger partial charge in [-0.3, -0.25) is 23.2 Å². The van der Waals surface area contributed by atoms with Crippen molar-refractivity contribution in [2.75, 3.05) is 25.6 Å². The molecule has 4 unspecified atom stereocenters. The molecular formula is C45H75N3O16P2. The monoisotopic (exact) mass is 975 g/mol. The van der Waals surface area contributed by atoms with Gasteiger partial charge in [0.2, 0.25) is 0 Å². The van der Waals surface area contributed by atoms with Crippen LogP contribution in [0.5, 0.6) is 0 Å². The summed E-state index contributed by atoms with van der Waals surface area (Å²) >= 11 is 0. The van der Waals surface area contributed by atoms with Gasteiger partial charge in [0.1, 0.15) is 30.7 Å². The zero-order valence-electron chi connectivity index (χ0n) is 38.8. The van der Waals surface area contributed by atoms with Gasteiger partial charge in [0, 0.05) is 19.0 Å². The van der Waals surface area contributed by atoms with Gasteiger partial charge in [-0.1, -0.05) is 121 Å². The van der Waals surface area contributed by atoms with Crippen molar-refractivity contribution < 1.29 is 71.4 Å². The van der Waals surface area contributed by atoms with Crippen molar-refractivity contribution in [3.05, 3.63) is 71.4 Å². The van der Waals surface area contributed by atoms with Crippen LogP contribution in [-0.2, 0) is 46.3 Å². The Kier molecular flexibility index (Phi) is 29.6. The first-order chi connectivity index (χ1) is 31.5. The third kappa shape index (κ3) is 26.3. The number of esters is 2. The first kappa shape index (κ1) is 58.8. The number of hydrogen-bond donors (Lipinski definition) is 6. The maximum absolute atomic E-state index is 12.8. The van der Waals surface area contributed by atoms with E-state index in [-0.39, 0.29) is 24.8 Å². The number of nitrogen functional groups attached to an aromatic ring is 1. The van der Waals surface area contributed by atoms with Crippen molar-refractivity contribution in [2.24, 2.45) is 5.92 Å². The quantitative estimate of drug-likeness (QED) is 0.0165. The summed E-state index contributed by atoms with van der Waals surface area (Å²) in [6.07, 6.45) is 23.1. The fourth-order valence-electron chi connectivity index (χ4n) is 6.53. The number of nitrogens with two attached hydrogens (primary N) is 1. The lowest BCUT2D eigenvalue weighted by Gasteiger charge is -2.21. The highest BCUT2D eigenvalue weighted by Crippen LogP contribution is 2.60. The lowest BCUT2D eigenvalue weighted by atomic mass is 10.00. The highest BCUT2D eigenvalue weighted by Gasteiger charge is 2.46. The van der Waals surface area contributed by atoms with Crippen molar-refractivity contribution in [1.29, 1.82) is 0 Å². The van der Waals surface area contributed by atoms with Crippen LogP contribution < -0.4 is 11.4 Å². The predicted molar refractivity (Wildman–Crippen MR) is 248 cm³/mol. The van der Waals surface area contributed by atoms with Crippen molar-refractivity contribution in [1.82, 2.24) is 9.55 Å². The molecule has 0 amide bonds. The molecule has 376 valence electrons. The summed E-state index contributed by atoms with van der Waals surface area (Å²) in [5.74, 6) is -0.681. The minimum absolute atomic E-state index is 0.0418. The fourth-order valence-corrected chi connectivity index (χ4v) is 8.64. The topological polar surface area (TPSA) is 286 Å². The number of anilines is 1. The van der Waals surface area contributed by atoms with Crippen molar-refractivity contribution >= 4 is 33.4 Å². The molecule has 1 fully saturated rings. The smallest absolute Gasteiger partial charge is 0.462 e. The van der Waals surface area contributed by atoms with Gasteiger partial charge < -0.3 is 45.1 Å². The zero-order valence-corrected chi connectivity index (χ0v) is 40.5. The van der Waals surface area contributed by atoms with Crippen LogP contribution in [0.4, 0.5) is 5.82 Å². The van der Waals surface area contributed by atoms with E-state index in [1.165, 1.54) is 25.3 Å². The Labute approximate surface area is 389 Å². The second-order valence-electron chi connectivity index (χ2n) is 16.3. The van der Waals surface area contributed by atoms with Crippen LogP contribution in [-0.4, -0.2) is 96.9 Å². The molecule has 0 saturated carbocycles. The summed E-state index contributed by atoms with van der Waals surface area (Å²) in [6, 6.07) is 1.24. The Balaban J connectivity index is 1.86. The Morgan fingerprint density at radius 2 is 1.44 bits per heavy atom. The first-order valence-electron chi connectivity index (χ1n) is 23.1. The highest BCUT2D eigenvalue weighted by atomic mass is 31.3. The Bertz CT molecular complexity index is 1820. The van der Waals surface area contributed by atoms with E-state index in [0.29, 0.717) is 38.0 Å². The number of ether oxygens (including phenoxy) is 3. The third-order valence-electron chi connectivity index (χ3n) is 10.5.